The van der Waals surface area contributed by atoms with E-state index in [1.54, 1.807) is 11.8 Å². The largest absolute Gasteiger partial charge is 0.377 e. The molecule has 5 nitrogen and oxygen atoms in total. The van der Waals surface area contributed by atoms with Gasteiger partial charge in [-0.2, -0.15) is 0 Å². The zero-order valence-corrected chi connectivity index (χ0v) is 17.5. The number of likely N-dealkylation sites (tertiary alicyclic amines) is 1. The first-order chi connectivity index (χ1) is 13.8. The first-order valence-corrected chi connectivity index (χ1v) is 11.4. The van der Waals surface area contributed by atoms with Crippen LogP contribution in [0.15, 0.2) is 41.6 Å². The van der Waals surface area contributed by atoms with Crippen LogP contribution >= 0.6 is 11.8 Å². The Balaban J connectivity index is 1.25. The second-order valence-electron chi connectivity index (χ2n) is 7.73. The van der Waals surface area contributed by atoms with E-state index in [0.29, 0.717) is 12.0 Å². The van der Waals surface area contributed by atoms with Gasteiger partial charge in [-0.15, -0.1) is 10.2 Å². The number of thioether (sulfide) groups is 1. The van der Waals surface area contributed by atoms with Gasteiger partial charge in [-0.05, 0) is 44.3 Å². The number of piperidine rings is 1. The Kier molecular flexibility index (Phi) is 6.83. The Hall–Kier alpha value is -1.63. The van der Waals surface area contributed by atoms with Crippen LogP contribution in [0.3, 0.4) is 0 Å². The maximum absolute atomic E-state index is 5.72. The molecule has 2 aliphatic rings. The summed E-state index contributed by atoms with van der Waals surface area (Å²) in [4.78, 5) is 2.53. The molecule has 150 valence electrons. The summed E-state index contributed by atoms with van der Waals surface area (Å²) in [7, 11) is 2.11. The van der Waals surface area contributed by atoms with E-state index >= 15 is 0 Å². The van der Waals surface area contributed by atoms with E-state index in [-0.39, 0.29) is 0 Å². The van der Waals surface area contributed by atoms with Gasteiger partial charge in [0.2, 0.25) is 0 Å². The number of rotatable bonds is 7. The summed E-state index contributed by atoms with van der Waals surface area (Å²) >= 11 is 1.78. The van der Waals surface area contributed by atoms with E-state index in [1.807, 2.05) is 0 Å². The van der Waals surface area contributed by atoms with Crippen molar-refractivity contribution in [1.82, 2.24) is 19.7 Å². The molecule has 0 spiro atoms. The monoisotopic (exact) mass is 398 g/mol. The molecule has 0 saturated carbocycles. The van der Waals surface area contributed by atoms with Gasteiger partial charge in [0.1, 0.15) is 5.82 Å². The molecule has 0 aliphatic carbocycles. The Bertz CT molecular complexity index is 762. The molecule has 0 N–H and O–H groups in total. The van der Waals surface area contributed by atoms with Gasteiger partial charge in [0, 0.05) is 31.9 Å². The zero-order chi connectivity index (χ0) is 19.2. The average molecular weight is 399 g/mol. The number of nitrogens with zero attached hydrogens (tertiary/aromatic N) is 4. The molecule has 1 atom stereocenters. The van der Waals surface area contributed by atoms with E-state index in [0.717, 1.165) is 55.8 Å². The van der Waals surface area contributed by atoms with Crippen molar-refractivity contribution in [2.75, 3.05) is 32.0 Å². The normalized spacial score (nSPS) is 21.7. The van der Waals surface area contributed by atoms with Crippen molar-refractivity contribution in [3.8, 4) is 0 Å². The lowest BCUT2D eigenvalue weighted by atomic mass is 9.96. The van der Waals surface area contributed by atoms with Gasteiger partial charge in [-0.25, -0.2) is 0 Å². The molecular weight excluding hydrogens is 368 g/mol. The van der Waals surface area contributed by atoms with Crippen molar-refractivity contribution in [2.45, 2.75) is 42.9 Å². The van der Waals surface area contributed by atoms with E-state index < -0.39 is 0 Å². The molecule has 1 unspecified atom stereocenters. The minimum Gasteiger partial charge on any atom is -0.377 e. The Labute approximate surface area is 172 Å². The third kappa shape index (κ3) is 5.04. The summed E-state index contributed by atoms with van der Waals surface area (Å²) in [5.41, 5.74) is 1.27. The van der Waals surface area contributed by atoms with Crippen LogP contribution in [0, 0.1) is 0 Å². The van der Waals surface area contributed by atoms with E-state index in [2.05, 4.69) is 69.2 Å². The summed E-state index contributed by atoms with van der Waals surface area (Å²) in [6.07, 6.45) is 9.55. The topological polar surface area (TPSA) is 43.2 Å². The minimum absolute atomic E-state index is 0.386. The highest BCUT2D eigenvalue weighted by Gasteiger charge is 2.25. The summed E-state index contributed by atoms with van der Waals surface area (Å²) in [6.45, 7) is 4.17. The van der Waals surface area contributed by atoms with Crippen LogP contribution in [-0.2, 0) is 11.8 Å². The summed E-state index contributed by atoms with van der Waals surface area (Å²) in [5, 5.41) is 10.0. The molecular formula is C22H30N4OS. The van der Waals surface area contributed by atoms with Crippen LogP contribution in [0.4, 0.5) is 0 Å². The number of aromatic nitrogens is 3. The molecule has 0 amide bonds. The second kappa shape index (κ2) is 9.72. The van der Waals surface area contributed by atoms with Crippen LogP contribution < -0.4 is 0 Å². The van der Waals surface area contributed by atoms with Gasteiger partial charge in [0.15, 0.2) is 5.16 Å². The van der Waals surface area contributed by atoms with Crippen molar-refractivity contribution in [3.63, 3.8) is 0 Å². The van der Waals surface area contributed by atoms with Crippen LogP contribution in [0.1, 0.15) is 43.0 Å². The SMILES string of the molecule is Cn1c(SCC2CCCO2)nnc1C1CCN(C/C=C/c2ccccc2)CC1. The molecule has 2 fully saturated rings. The van der Waals surface area contributed by atoms with Gasteiger partial charge in [-0.1, -0.05) is 54.2 Å². The average Bonchev–Trinajstić information content (AvgIpc) is 3.38. The maximum atomic E-state index is 5.72. The Morgan fingerprint density at radius 3 is 2.71 bits per heavy atom. The molecule has 28 heavy (non-hydrogen) atoms. The molecule has 2 aromatic rings. The molecule has 0 radical (unpaired) electrons. The smallest absolute Gasteiger partial charge is 0.191 e. The number of ether oxygens (including phenoxy) is 1. The van der Waals surface area contributed by atoms with Crippen molar-refractivity contribution in [1.29, 1.82) is 0 Å². The van der Waals surface area contributed by atoms with Crippen molar-refractivity contribution in [3.05, 3.63) is 47.8 Å². The fourth-order valence-corrected chi connectivity index (χ4v) is 5.01. The number of hydrogen-bond acceptors (Lipinski definition) is 5. The molecule has 4 rings (SSSR count). The van der Waals surface area contributed by atoms with Crippen LogP contribution in [0.2, 0.25) is 0 Å². The predicted octanol–water partition coefficient (Wildman–Crippen LogP) is 3.98. The zero-order valence-electron chi connectivity index (χ0n) is 16.7. The van der Waals surface area contributed by atoms with Crippen LogP contribution in [-0.4, -0.2) is 57.8 Å². The predicted molar refractivity (Wildman–Crippen MR) is 115 cm³/mol. The second-order valence-corrected chi connectivity index (χ2v) is 8.72. The van der Waals surface area contributed by atoms with Crippen LogP contribution in [0.25, 0.3) is 6.08 Å². The first-order valence-electron chi connectivity index (χ1n) is 10.4. The molecule has 1 aromatic carbocycles. The third-order valence-corrected chi connectivity index (χ3v) is 6.87. The number of benzene rings is 1. The molecule has 2 aliphatic heterocycles. The van der Waals surface area contributed by atoms with Crippen molar-refractivity contribution < 1.29 is 4.74 Å². The molecule has 3 heterocycles. The lowest BCUT2D eigenvalue weighted by molar-refractivity contribution is 0.129. The summed E-state index contributed by atoms with van der Waals surface area (Å²) in [5.74, 6) is 2.65. The van der Waals surface area contributed by atoms with E-state index in [9.17, 15) is 0 Å². The molecule has 1 aromatic heterocycles. The third-order valence-electron chi connectivity index (χ3n) is 5.72. The lowest BCUT2D eigenvalue weighted by Gasteiger charge is -2.30. The molecule has 2 saturated heterocycles. The Morgan fingerprint density at radius 2 is 1.96 bits per heavy atom. The summed E-state index contributed by atoms with van der Waals surface area (Å²) < 4.78 is 7.92. The fraction of sp³-hybridized carbons (Fsp3) is 0.545. The standard InChI is InChI=1S/C22H30N4OS/c1-25-21(23-24-22(25)28-17-20-10-6-16-27-20)19-11-14-26(15-12-19)13-5-9-18-7-3-2-4-8-18/h2-5,7-9,19-20H,6,10-17H2,1H3/b9-5+. The quantitative estimate of drug-likeness (QED) is 0.660. The van der Waals surface area contributed by atoms with E-state index in [4.69, 9.17) is 4.74 Å². The molecule has 0 bridgehead atoms. The Morgan fingerprint density at radius 1 is 1.14 bits per heavy atom. The highest BCUT2D eigenvalue weighted by atomic mass is 32.2. The van der Waals surface area contributed by atoms with Gasteiger partial charge in [-0.3, -0.25) is 4.90 Å². The van der Waals surface area contributed by atoms with Gasteiger partial charge < -0.3 is 9.30 Å². The fourth-order valence-electron chi connectivity index (χ4n) is 4.03. The van der Waals surface area contributed by atoms with Gasteiger partial charge in [0.25, 0.3) is 0 Å². The summed E-state index contributed by atoms with van der Waals surface area (Å²) in [6, 6.07) is 10.5. The number of hydrogen-bond donors (Lipinski definition) is 0. The lowest BCUT2D eigenvalue weighted by Crippen LogP contribution is -2.33. The van der Waals surface area contributed by atoms with Crippen molar-refractivity contribution >= 4 is 17.8 Å². The van der Waals surface area contributed by atoms with Gasteiger partial charge >= 0.3 is 0 Å². The van der Waals surface area contributed by atoms with Crippen LogP contribution in [0.5, 0.6) is 0 Å². The van der Waals surface area contributed by atoms with E-state index in [1.165, 1.54) is 18.4 Å². The highest BCUT2D eigenvalue weighted by molar-refractivity contribution is 7.99. The minimum atomic E-state index is 0.386. The highest BCUT2D eigenvalue weighted by Crippen LogP contribution is 2.29. The van der Waals surface area contributed by atoms with Crippen molar-refractivity contribution in [2.24, 2.45) is 7.05 Å². The van der Waals surface area contributed by atoms with Gasteiger partial charge in [0.05, 0.1) is 6.10 Å². The molecule has 6 heteroatoms. The maximum Gasteiger partial charge on any atom is 0.191 e. The first kappa shape index (κ1) is 19.7.